The van der Waals surface area contributed by atoms with Crippen LogP contribution in [0, 0.1) is 0 Å². The van der Waals surface area contributed by atoms with Gasteiger partial charge in [0.1, 0.15) is 6.42 Å². The van der Waals surface area contributed by atoms with Crippen molar-refractivity contribution in [1.29, 1.82) is 0 Å². The molecule has 0 aliphatic carbocycles. The van der Waals surface area contributed by atoms with Gasteiger partial charge in [0.2, 0.25) is 0 Å². The molecule has 0 aromatic carbocycles. The summed E-state index contributed by atoms with van der Waals surface area (Å²) >= 11 is 0. The molecule has 0 unspecified atom stereocenters. The van der Waals surface area contributed by atoms with E-state index in [1.165, 1.54) is 0 Å². The van der Waals surface area contributed by atoms with Gasteiger partial charge in [-0.05, 0) is 0 Å². The fraction of sp³-hybridized carbons (Fsp3) is 0.400. The summed E-state index contributed by atoms with van der Waals surface area (Å²) in [6.45, 7) is 0. The molecule has 0 bridgehead atoms. The first-order valence-electron chi connectivity index (χ1n) is 2.81. The predicted octanol–water partition coefficient (Wildman–Crippen LogP) is 0.179. The molecule has 0 aliphatic rings. The monoisotopic (exact) mass is 218 g/mol. The molecule has 0 saturated heterocycles. The van der Waals surface area contributed by atoms with Gasteiger partial charge in [0.25, 0.3) is 0 Å². The van der Waals surface area contributed by atoms with Crippen molar-refractivity contribution in [3.8, 4) is 0 Å². The SMILES string of the molecule is O=C(O)C(F)(F)F.O=C(O)CC(=O)O. The molecule has 0 amide bonds. The highest BCUT2D eigenvalue weighted by Crippen LogP contribution is 2.13. The molecule has 0 aromatic heterocycles. The molecule has 0 rings (SSSR count). The quantitative estimate of drug-likeness (QED) is 0.570. The van der Waals surface area contributed by atoms with Crippen molar-refractivity contribution in [2.75, 3.05) is 0 Å². The molecule has 0 saturated carbocycles. The summed E-state index contributed by atoms with van der Waals surface area (Å²) in [6.07, 6.45) is -5.89. The fourth-order valence-electron chi connectivity index (χ4n) is 0.129. The number of carbonyl (C=O) groups is 3. The van der Waals surface area contributed by atoms with E-state index in [1.54, 1.807) is 0 Å². The van der Waals surface area contributed by atoms with Crippen LogP contribution in [-0.2, 0) is 14.4 Å². The van der Waals surface area contributed by atoms with Crippen molar-refractivity contribution in [3.05, 3.63) is 0 Å². The third-order valence-electron chi connectivity index (χ3n) is 0.545. The lowest BCUT2D eigenvalue weighted by atomic mass is 10.5. The van der Waals surface area contributed by atoms with Crippen LogP contribution in [0.2, 0.25) is 0 Å². The average Bonchev–Trinajstić information content (AvgIpc) is 1.81. The van der Waals surface area contributed by atoms with Crippen LogP contribution in [0.3, 0.4) is 0 Å². The number of carboxylic acids is 3. The summed E-state index contributed by atoms with van der Waals surface area (Å²) in [7, 11) is 0. The summed E-state index contributed by atoms with van der Waals surface area (Å²) in [5.74, 6) is -5.38. The number of rotatable bonds is 2. The molecule has 3 N–H and O–H groups in total. The molecular formula is C5H5F3O6. The fourth-order valence-corrected chi connectivity index (χ4v) is 0.129. The normalized spacial score (nSPS) is 9.64. The largest absolute Gasteiger partial charge is 0.490 e. The van der Waals surface area contributed by atoms with E-state index in [0.29, 0.717) is 0 Å². The second-order valence-corrected chi connectivity index (χ2v) is 1.77. The standard InChI is InChI=1S/C3H4O4.C2HF3O2/c4-2(5)1-3(6)7;3-2(4,5)1(6)7/h1H2,(H,4,5)(H,6,7);(H,6,7). The number of hydrogen-bond acceptors (Lipinski definition) is 3. The maximum atomic E-state index is 10.6. The van der Waals surface area contributed by atoms with Gasteiger partial charge in [-0.1, -0.05) is 0 Å². The van der Waals surface area contributed by atoms with Crippen LogP contribution < -0.4 is 0 Å². The molecule has 6 nitrogen and oxygen atoms in total. The Morgan fingerprint density at radius 2 is 1.14 bits per heavy atom. The lowest BCUT2D eigenvalue weighted by Crippen LogP contribution is -2.21. The first-order valence-corrected chi connectivity index (χ1v) is 2.81. The summed E-state index contributed by atoms with van der Waals surface area (Å²) < 4.78 is 31.7. The summed E-state index contributed by atoms with van der Waals surface area (Å²) in [4.78, 5) is 27.8. The molecule has 82 valence electrons. The molecule has 0 spiro atoms. The molecule has 0 atom stereocenters. The summed E-state index contributed by atoms with van der Waals surface area (Å²) in [5.41, 5.74) is 0. The van der Waals surface area contributed by atoms with E-state index in [-0.39, 0.29) is 0 Å². The van der Waals surface area contributed by atoms with Crippen LogP contribution in [0.1, 0.15) is 6.42 Å². The molecule has 0 aromatic rings. The number of aliphatic carboxylic acids is 3. The van der Waals surface area contributed by atoms with E-state index in [1.807, 2.05) is 0 Å². The zero-order chi connectivity index (χ0) is 11.9. The minimum Gasteiger partial charge on any atom is -0.481 e. The molecule has 0 radical (unpaired) electrons. The van der Waals surface area contributed by atoms with Crippen molar-refractivity contribution in [3.63, 3.8) is 0 Å². The van der Waals surface area contributed by atoms with E-state index in [2.05, 4.69) is 0 Å². The topological polar surface area (TPSA) is 112 Å². The highest BCUT2D eigenvalue weighted by atomic mass is 19.4. The summed E-state index contributed by atoms with van der Waals surface area (Å²) in [6, 6.07) is 0. The van der Waals surface area contributed by atoms with Gasteiger partial charge in [0.05, 0.1) is 0 Å². The van der Waals surface area contributed by atoms with Gasteiger partial charge in [-0.15, -0.1) is 0 Å². The van der Waals surface area contributed by atoms with Gasteiger partial charge < -0.3 is 15.3 Å². The third kappa shape index (κ3) is 12.8. The molecule has 9 heteroatoms. The van der Waals surface area contributed by atoms with Gasteiger partial charge >= 0.3 is 24.1 Å². The number of carboxylic acid groups (broad SMARTS) is 3. The minimum absolute atomic E-state index is 0.806. The van der Waals surface area contributed by atoms with Crippen LogP contribution in [0.5, 0.6) is 0 Å². The Morgan fingerprint density at radius 3 is 1.14 bits per heavy atom. The van der Waals surface area contributed by atoms with Crippen LogP contribution in [0.15, 0.2) is 0 Å². The number of halogens is 3. The van der Waals surface area contributed by atoms with E-state index < -0.39 is 30.5 Å². The highest BCUT2D eigenvalue weighted by Gasteiger charge is 2.38. The first-order chi connectivity index (χ1) is 6.07. The number of alkyl halides is 3. The Labute approximate surface area is 74.6 Å². The lowest BCUT2D eigenvalue weighted by Gasteiger charge is -1.93. The molecule has 0 heterocycles. The zero-order valence-corrected chi connectivity index (χ0v) is 6.41. The van der Waals surface area contributed by atoms with Crippen LogP contribution in [-0.4, -0.2) is 39.4 Å². The zero-order valence-electron chi connectivity index (χ0n) is 6.41. The van der Waals surface area contributed by atoms with Gasteiger partial charge in [-0.25, -0.2) is 4.79 Å². The van der Waals surface area contributed by atoms with Crippen LogP contribution >= 0.6 is 0 Å². The van der Waals surface area contributed by atoms with Crippen LogP contribution in [0.4, 0.5) is 13.2 Å². The number of hydrogen-bond donors (Lipinski definition) is 3. The van der Waals surface area contributed by atoms with Crippen molar-refractivity contribution < 1.29 is 42.9 Å². The Bertz CT molecular complexity index is 220. The lowest BCUT2D eigenvalue weighted by molar-refractivity contribution is -0.192. The molecular weight excluding hydrogens is 213 g/mol. The maximum absolute atomic E-state index is 10.6. The van der Waals surface area contributed by atoms with Gasteiger partial charge in [-0.3, -0.25) is 9.59 Å². The van der Waals surface area contributed by atoms with Gasteiger partial charge in [-0.2, -0.15) is 13.2 Å². The summed E-state index contributed by atoms with van der Waals surface area (Å²) in [5, 5.41) is 22.5. The van der Waals surface area contributed by atoms with Crippen molar-refractivity contribution in [1.82, 2.24) is 0 Å². The van der Waals surface area contributed by atoms with E-state index in [4.69, 9.17) is 20.1 Å². The smallest absolute Gasteiger partial charge is 0.481 e. The highest BCUT2D eigenvalue weighted by molar-refractivity contribution is 5.88. The van der Waals surface area contributed by atoms with Gasteiger partial charge in [0, 0.05) is 0 Å². The van der Waals surface area contributed by atoms with E-state index in [0.717, 1.165) is 0 Å². The van der Waals surface area contributed by atoms with Crippen LogP contribution in [0.25, 0.3) is 0 Å². The second kappa shape index (κ2) is 5.78. The van der Waals surface area contributed by atoms with Crippen molar-refractivity contribution in [2.24, 2.45) is 0 Å². The molecule has 0 aliphatic heterocycles. The third-order valence-corrected chi connectivity index (χ3v) is 0.545. The second-order valence-electron chi connectivity index (χ2n) is 1.77. The average molecular weight is 218 g/mol. The predicted molar refractivity (Wildman–Crippen MR) is 33.6 cm³/mol. The Kier molecular flexibility index (Phi) is 6.07. The Balaban J connectivity index is 0. The Hall–Kier alpha value is -1.80. The van der Waals surface area contributed by atoms with E-state index in [9.17, 15) is 22.8 Å². The maximum Gasteiger partial charge on any atom is 0.490 e. The minimum atomic E-state index is -5.08. The Morgan fingerprint density at radius 1 is 0.929 bits per heavy atom. The molecule has 14 heavy (non-hydrogen) atoms. The van der Waals surface area contributed by atoms with Gasteiger partial charge in [0.15, 0.2) is 0 Å². The first kappa shape index (κ1) is 14.7. The molecule has 0 fully saturated rings. The van der Waals surface area contributed by atoms with Crippen molar-refractivity contribution in [2.45, 2.75) is 12.6 Å². The van der Waals surface area contributed by atoms with Crippen molar-refractivity contribution >= 4 is 17.9 Å². The van der Waals surface area contributed by atoms with E-state index >= 15 is 0 Å².